The molecule has 0 aliphatic heterocycles. The minimum Gasteiger partial charge on any atom is -0.504 e. The largest absolute Gasteiger partial charge is 0.511 e. The zero-order valence-electron chi connectivity index (χ0n) is 10.3. The van der Waals surface area contributed by atoms with Crippen LogP contribution in [0.1, 0.15) is 18.9 Å². The molecule has 1 aromatic heterocycles. The summed E-state index contributed by atoms with van der Waals surface area (Å²) in [6.45, 7) is 1.98. The van der Waals surface area contributed by atoms with Gasteiger partial charge in [-0.05, 0) is 18.1 Å². The fourth-order valence-electron chi connectivity index (χ4n) is 2.04. The van der Waals surface area contributed by atoms with E-state index >= 15 is 0 Å². The van der Waals surface area contributed by atoms with Gasteiger partial charge in [-0.15, -0.1) is 0 Å². The first-order valence-electron chi connectivity index (χ1n) is 5.82. The molecule has 0 spiro atoms. The second-order valence-electron chi connectivity index (χ2n) is 4.09. The fraction of sp³-hybridized carbons (Fsp3) is 0.231. The summed E-state index contributed by atoms with van der Waals surface area (Å²) in [5.41, 5.74) is 0.497. The van der Waals surface area contributed by atoms with E-state index in [1.165, 1.54) is 0 Å². The summed E-state index contributed by atoms with van der Waals surface area (Å²) >= 11 is 0. The maximum atomic E-state index is 11.7. The van der Waals surface area contributed by atoms with Gasteiger partial charge in [0.2, 0.25) is 5.75 Å². The molecule has 1 aromatic carbocycles. The molecular weight excluding hydrogens is 250 g/mol. The Balaban J connectivity index is 2.76. The van der Waals surface area contributed by atoms with E-state index in [0.29, 0.717) is 17.3 Å². The van der Waals surface area contributed by atoms with Crippen LogP contribution in [0.15, 0.2) is 23.0 Å². The molecule has 2 rings (SSSR count). The van der Waals surface area contributed by atoms with Crippen LogP contribution < -0.4 is 10.3 Å². The Morgan fingerprint density at radius 3 is 2.79 bits per heavy atom. The second kappa shape index (κ2) is 5.01. The lowest BCUT2D eigenvalue weighted by atomic mass is 10.0. The number of nitrogens with one attached hydrogen (secondary N) is 1. The summed E-state index contributed by atoms with van der Waals surface area (Å²) in [4.78, 5) is 24.7. The van der Waals surface area contributed by atoms with E-state index in [0.717, 1.165) is 12.0 Å². The van der Waals surface area contributed by atoms with Gasteiger partial charge in [-0.1, -0.05) is 25.5 Å². The van der Waals surface area contributed by atoms with Crippen molar-refractivity contribution >= 4 is 17.1 Å². The Hall–Kier alpha value is -2.50. The van der Waals surface area contributed by atoms with Crippen LogP contribution in [0, 0.1) is 0 Å². The minimum absolute atomic E-state index is 0.417. The molecule has 6 nitrogen and oxygen atoms in total. The SMILES string of the molecule is CCCc1cccc2[nH]c(=O)c(OC(=O)O)c(O)c12. The molecule has 0 atom stereocenters. The molecule has 0 saturated carbocycles. The molecule has 6 heteroatoms. The quantitative estimate of drug-likeness (QED) is 0.737. The molecule has 2 aromatic rings. The van der Waals surface area contributed by atoms with Crippen LogP contribution in [0.5, 0.6) is 11.5 Å². The molecule has 0 amide bonds. The van der Waals surface area contributed by atoms with E-state index in [9.17, 15) is 14.7 Å². The van der Waals surface area contributed by atoms with Gasteiger partial charge < -0.3 is 19.9 Å². The first kappa shape index (κ1) is 12.9. The molecule has 0 aliphatic rings. The monoisotopic (exact) mass is 263 g/mol. The van der Waals surface area contributed by atoms with Gasteiger partial charge >= 0.3 is 6.16 Å². The molecule has 100 valence electrons. The standard InChI is InChI=1S/C13H13NO5/c1-2-4-7-5-3-6-8-9(7)10(15)11(12(16)14-8)19-13(17)18/h3,5-6H,2,4H2,1H3,(H,17,18)(H2,14,15,16). The van der Waals surface area contributed by atoms with Crippen molar-refractivity contribution in [3.63, 3.8) is 0 Å². The molecule has 0 radical (unpaired) electrons. The second-order valence-corrected chi connectivity index (χ2v) is 4.09. The van der Waals surface area contributed by atoms with Gasteiger partial charge in [-0.25, -0.2) is 4.79 Å². The third-order valence-corrected chi connectivity index (χ3v) is 2.77. The average Bonchev–Trinajstić information content (AvgIpc) is 2.34. The average molecular weight is 263 g/mol. The van der Waals surface area contributed by atoms with E-state index in [-0.39, 0.29) is 0 Å². The number of carboxylic acid groups (broad SMARTS) is 1. The summed E-state index contributed by atoms with van der Waals surface area (Å²) < 4.78 is 4.34. The molecule has 3 N–H and O–H groups in total. The van der Waals surface area contributed by atoms with E-state index in [1.54, 1.807) is 12.1 Å². The Morgan fingerprint density at radius 1 is 1.42 bits per heavy atom. The first-order valence-corrected chi connectivity index (χ1v) is 5.82. The third kappa shape index (κ3) is 2.37. The van der Waals surface area contributed by atoms with Crippen molar-refractivity contribution in [2.45, 2.75) is 19.8 Å². The maximum Gasteiger partial charge on any atom is 0.511 e. The van der Waals surface area contributed by atoms with Crippen LogP contribution in [0.25, 0.3) is 10.9 Å². The summed E-state index contributed by atoms with van der Waals surface area (Å²) in [6.07, 6.45) is -0.0934. The number of aryl methyl sites for hydroxylation is 1. The van der Waals surface area contributed by atoms with Crippen LogP contribution in [-0.2, 0) is 6.42 Å². The van der Waals surface area contributed by atoms with Crippen molar-refractivity contribution in [1.29, 1.82) is 0 Å². The Bertz CT molecular complexity index is 689. The summed E-state index contributed by atoms with van der Waals surface area (Å²) in [5.74, 6) is -1.03. The smallest absolute Gasteiger partial charge is 0.504 e. The Labute approximate surface area is 108 Å². The predicted octanol–water partition coefficient (Wildman–Crippen LogP) is 2.24. The number of ether oxygens (including phenoxy) is 1. The number of fused-ring (bicyclic) bond motifs is 1. The highest BCUT2D eigenvalue weighted by molar-refractivity contribution is 5.90. The number of pyridine rings is 1. The Morgan fingerprint density at radius 2 is 2.16 bits per heavy atom. The number of rotatable bonds is 3. The molecule has 1 heterocycles. The predicted molar refractivity (Wildman–Crippen MR) is 68.9 cm³/mol. The van der Waals surface area contributed by atoms with Gasteiger partial charge in [0.25, 0.3) is 5.56 Å². The van der Waals surface area contributed by atoms with Crippen LogP contribution in [0.2, 0.25) is 0 Å². The minimum atomic E-state index is -1.65. The lowest BCUT2D eigenvalue weighted by molar-refractivity contribution is 0.142. The number of hydrogen-bond donors (Lipinski definition) is 3. The fourth-order valence-corrected chi connectivity index (χ4v) is 2.04. The van der Waals surface area contributed by atoms with Gasteiger partial charge in [-0.3, -0.25) is 4.79 Å². The summed E-state index contributed by atoms with van der Waals surface area (Å²) in [5, 5.41) is 19.1. The van der Waals surface area contributed by atoms with Crippen LogP contribution in [0.4, 0.5) is 4.79 Å². The van der Waals surface area contributed by atoms with Crippen LogP contribution in [0.3, 0.4) is 0 Å². The highest BCUT2D eigenvalue weighted by atomic mass is 16.7. The lowest BCUT2D eigenvalue weighted by Crippen LogP contribution is -2.15. The van der Waals surface area contributed by atoms with E-state index in [1.807, 2.05) is 13.0 Å². The van der Waals surface area contributed by atoms with E-state index in [2.05, 4.69) is 9.72 Å². The van der Waals surface area contributed by atoms with Crippen LogP contribution >= 0.6 is 0 Å². The number of carbonyl (C=O) groups is 1. The Kier molecular flexibility index (Phi) is 3.41. The first-order chi connectivity index (χ1) is 9.04. The van der Waals surface area contributed by atoms with Gasteiger partial charge in [0, 0.05) is 5.39 Å². The van der Waals surface area contributed by atoms with Crippen molar-refractivity contribution in [3.05, 3.63) is 34.1 Å². The third-order valence-electron chi connectivity index (χ3n) is 2.77. The topological polar surface area (TPSA) is 99.6 Å². The van der Waals surface area contributed by atoms with Gasteiger partial charge in [-0.2, -0.15) is 0 Å². The van der Waals surface area contributed by atoms with Gasteiger partial charge in [0.05, 0.1) is 5.52 Å². The number of H-pyrrole nitrogens is 1. The number of benzene rings is 1. The van der Waals surface area contributed by atoms with Crippen molar-refractivity contribution in [2.24, 2.45) is 0 Å². The molecule has 0 aliphatic carbocycles. The normalized spacial score (nSPS) is 10.6. The summed E-state index contributed by atoms with van der Waals surface area (Å²) in [6, 6.07) is 5.22. The molecule has 0 saturated heterocycles. The van der Waals surface area contributed by atoms with Crippen molar-refractivity contribution in [3.8, 4) is 11.5 Å². The maximum absolute atomic E-state index is 11.7. The van der Waals surface area contributed by atoms with E-state index < -0.39 is 23.2 Å². The molecule has 0 fully saturated rings. The highest BCUT2D eigenvalue weighted by Gasteiger charge is 2.18. The molecule has 19 heavy (non-hydrogen) atoms. The van der Waals surface area contributed by atoms with E-state index in [4.69, 9.17) is 5.11 Å². The number of aromatic amines is 1. The molecular formula is C13H13NO5. The lowest BCUT2D eigenvalue weighted by Gasteiger charge is -2.09. The van der Waals surface area contributed by atoms with Gasteiger partial charge in [0.15, 0.2) is 5.75 Å². The van der Waals surface area contributed by atoms with Crippen molar-refractivity contribution < 1.29 is 19.7 Å². The van der Waals surface area contributed by atoms with Crippen molar-refractivity contribution in [1.82, 2.24) is 4.98 Å². The zero-order valence-corrected chi connectivity index (χ0v) is 10.3. The van der Waals surface area contributed by atoms with Gasteiger partial charge in [0.1, 0.15) is 0 Å². The molecule has 0 unspecified atom stereocenters. The van der Waals surface area contributed by atoms with Crippen LogP contribution in [-0.4, -0.2) is 21.4 Å². The van der Waals surface area contributed by atoms with Crippen molar-refractivity contribution in [2.75, 3.05) is 0 Å². The number of aromatic nitrogens is 1. The zero-order chi connectivity index (χ0) is 14.0. The molecule has 0 bridgehead atoms. The number of hydrogen-bond acceptors (Lipinski definition) is 4. The number of aromatic hydroxyl groups is 1. The highest BCUT2D eigenvalue weighted by Crippen LogP contribution is 2.33. The summed E-state index contributed by atoms with van der Waals surface area (Å²) in [7, 11) is 0.